The van der Waals surface area contributed by atoms with Crippen molar-refractivity contribution in [3.05, 3.63) is 47.0 Å². The number of aromatic hydroxyl groups is 1. The molecule has 0 aliphatic rings. The van der Waals surface area contributed by atoms with Gasteiger partial charge in [-0.3, -0.25) is 9.89 Å². The van der Waals surface area contributed by atoms with Gasteiger partial charge >= 0.3 is 6.18 Å². The normalized spacial score (nSPS) is 11.5. The van der Waals surface area contributed by atoms with Crippen LogP contribution < -0.4 is 0 Å². The first-order valence-electron chi connectivity index (χ1n) is 6.72. The Bertz CT molecular complexity index is 730. The summed E-state index contributed by atoms with van der Waals surface area (Å²) >= 11 is 0. The van der Waals surface area contributed by atoms with Crippen molar-refractivity contribution in [2.24, 2.45) is 0 Å². The highest BCUT2D eigenvalue weighted by molar-refractivity contribution is 5.92. The highest BCUT2D eigenvalue weighted by Gasteiger charge is 2.34. The maximum atomic E-state index is 13.7. The molecule has 1 aromatic carbocycles. The number of nitrogens with one attached hydrogen (secondary N) is 1. The highest BCUT2D eigenvalue weighted by atomic mass is 19.4. The number of benzene rings is 1. The second-order valence-corrected chi connectivity index (χ2v) is 4.89. The maximum Gasteiger partial charge on any atom is 0.432 e. The largest absolute Gasteiger partial charge is 0.508 e. The highest BCUT2D eigenvalue weighted by Crippen LogP contribution is 2.28. The number of carbonyl (C=O) groups excluding carboxylic acids is 1. The maximum absolute atomic E-state index is 13.7. The van der Waals surface area contributed by atoms with Crippen LogP contribution in [0.1, 0.15) is 21.7 Å². The SMILES string of the molecule is O=C(c1cc(C(F)(F)F)[nH]n1)N(CCO)Cc1ccc(O)cc1F. The van der Waals surface area contributed by atoms with Gasteiger partial charge in [0, 0.05) is 30.8 Å². The molecule has 0 aliphatic carbocycles. The summed E-state index contributed by atoms with van der Waals surface area (Å²) in [6.45, 7) is -1.00. The Balaban J connectivity index is 2.23. The molecule has 10 heteroatoms. The molecule has 0 saturated heterocycles. The number of rotatable bonds is 5. The van der Waals surface area contributed by atoms with E-state index in [2.05, 4.69) is 5.10 Å². The first-order valence-corrected chi connectivity index (χ1v) is 6.72. The van der Waals surface area contributed by atoms with Crippen LogP contribution in [0.2, 0.25) is 0 Å². The molecule has 0 radical (unpaired) electrons. The quantitative estimate of drug-likeness (QED) is 0.721. The third kappa shape index (κ3) is 4.02. The van der Waals surface area contributed by atoms with Crippen LogP contribution in [0.4, 0.5) is 17.6 Å². The number of hydrogen-bond acceptors (Lipinski definition) is 4. The van der Waals surface area contributed by atoms with Crippen LogP contribution >= 0.6 is 0 Å². The second kappa shape index (κ2) is 6.87. The molecule has 0 bridgehead atoms. The van der Waals surface area contributed by atoms with Crippen LogP contribution in [0.5, 0.6) is 5.75 Å². The lowest BCUT2D eigenvalue weighted by Crippen LogP contribution is -2.33. The Kier molecular flexibility index (Phi) is 5.07. The molecule has 6 nitrogen and oxygen atoms in total. The van der Waals surface area contributed by atoms with Gasteiger partial charge in [0.05, 0.1) is 6.61 Å². The zero-order valence-corrected chi connectivity index (χ0v) is 12.1. The van der Waals surface area contributed by atoms with Crippen molar-refractivity contribution in [1.82, 2.24) is 15.1 Å². The number of nitrogens with zero attached hydrogens (tertiary/aromatic N) is 2. The average molecular weight is 347 g/mol. The standard InChI is InChI=1S/C14H13F4N3O3/c15-10-5-9(23)2-1-8(10)7-21(3-4-22)13(24)11-6-12(20-19-11)14(16,17)18/h1-2,5-6,22-23H,3-4,7H2,(H,19,20). The fourth-order valence-electron chi connectivity index (χ4n) is 1.98. The number of halogens is 4. The van der Waals surface area contributed by atoms with E-state index in [9.17, 15) is 22.4 Å². The Morgan fingerprint density at radius 3 is 2.54 bits per heavy atom. The van der Waals surface area contributed by atoms with Gasteiger partial charge in [-0.15, -0.1) is 0 Å². The molecule has 0 atom stereocenters. The summed E-state index contributed by atoms with van der Waals surface area (Å²) in [7, 11) is 0. The summed E-state index contributed by atoms with van der Waals surface area (Å²) in [6, 6.07) is 3.82. The number of aromatic nitrogens is 2. The topological polar surface area (TPSA) is 89.5 Å². The molecule has 1 heterocycles. The van der Waals surface area contributed by atoms with Crippen LogP contribution in [-0.4, -0.2) is 44.4 Å². The Hall–Kier alpha value is -2.62. The number of H-pyrrole nitrogens is 1. The number of alkyl halides is 3. The predicted octanol–water partition coefficient (Wildman–Crippen LogP) is 1.91. The fraction of sp³-hybridized carbons (Fsp3) is 0.286. The van der Waals surface area contributed by atoms with E-state index in [-0.39, 0.29) is 24.4 Å². The molecule has 0 unspecified atom stereocenters. The van der Waals surface area contributed by atoms with Crippen LogP contribution in [0.15, 0.2) is 24.3 Å². The molecule has 0 saturated carbocycles. The molecule has 0 fully saturated rings. The molecule has 2 rings (SSSR count). The van der Waals surface area contributed by atoms with Crippen molar-refractivity contribution in [2.75, 3.05) is 13.2 Å². The Morgan fingerprint density at radius 2 is 2.00 bits per heavy atom. The number of aliphatic hydroxyl groups is 1. The fourth-order valence-corrected chi connectivity index (χ4v) is 1.98. The number of phenols is 1. The number of carbonyl (C=O) groups is 1. The lowest BCUT2D eigenvalue weighted by molar-refractivity contribution is -0.141. The summed E-state index contributed by atoms with van der Waals surface area (Å²) in [5, 5.41) is 23.2. The molecular weight excluding hydrogens is 334 g/mol. The predicted molar refractivity (Wildman–Crippen MR) is 73.5 cm³/mol. The monoisotopic (exact) mass is 347 g/mol. The average Bonchev–Trinajstić information content (AvgIpc) is 2.98. The number of aromatic amines is 1. The van der Waals surface area contributed by atoms with Gasteiger partial charge in [-0.25, -0.2) is 4.39 Å². The Labute approximate surface area is 133 Å². The van der Waals surface area contributed by atoms with Crippen molar-refractivity contribution in [3.63, 3.8) is 0 Å². The Morgan fingerprint density at radius 1 is 1.29 bits per heavy atom. The number of phenolic OH excluding ortho intramolecular Hbond substituents is 1. The van der Waals surface area contributed by atoms with E-state index in [0.29, 0.717) is 6.07 Å². The number of amides is 1. The first-order chi connectivity index (χ1) is 11.2. The van der Waals surface area contributed by atoms with E-state index in [1.54, 1.807) is 5.10 Å². The van der Waals surface area contributed by atoms with Gasteiger partial charge in [0.2, 0.25) is 0 Å². The molecule has 2 aromatic rings. The van der Waals surface area contributed by atoms with Crippen molar-refractivity contribution in [1.29, 1.82) is 0 Å². The van der Waals surface area contributed by atoms with Gasteiger partial charge in [0.1, 0.15) is 17.3 Å². The summed E-state index contributed by atoms with van der Waals surface area (Å²) < 4.78 is 51.4. The lowest BCUT2D eigenvalue weighted by Gasteiger charge is -2.21. The summed E-state index contributed by atoms with van der Waals surface area (Å²) in [5.41, 5.74) is -1.67. The molecule has 1 aromatic heterocycles. The lowest BCUT2D eigenvalue weighted by atomic mass is 10.1. The van der Waals surface area contributed by atoms with Gasteiger partial charge in [-0.1, -0.05) is 6.07 Å². The third-order valence-electron chi connectivity index (χ3n) is 3.16. The minimum absolute atomic E-state index is 0.0289. The van der Waals surface area contributed by atoms with E-state index >= 15 is 0 Å². The van der Waals surface area contributed by atoms with E-state index < -0.39 is 35.9 Å². The minimum Gasteiger partial charge on any atom is -0.508 e. The van der Waals surface area contributed by atoms with Gasteiger partial charge in [0.15, 0.2) is 5.69 Å². The molecule has 0 aliphatic heterocycles. The molecule has 130 valence electrons. The smallest absolute Gasteiger partial charge is 0.432 e. The van der Waals surface area contributed by atoms with E-state index in [1.807, 2.05) is 0 Å². The van der Waals surface area contributed by atoms with E-state index in [4.69, 9.17) is 10.2 Å². The zero-order valence-electron chi connectivity index (χ0n) is 12.1. The van der Waals surface area contributed by atoms with Gasteiger partial charge < -0.3 is 15.1 Å². The molecular formula is C14H13F4N3O3. The zero-order chi connectivity index (χ0) is 17.9. The van der Waals surface area contributed by atoms with Crippen LogP contribution in [0.3, 0.4) is 0 Å². The van der Waals surface area contributed by atoms with Crippen LogP contribution in [-0.2, 0) is 12.7 Å². The molecule has 1 amide bonds. The van der Waals surface area contributed by atoms with E-state index in [1.165, 1.54) is 12.1 Å². The van der Waals surface area contributed by atoms with Crippen molar-refractivity contribution < 1.29 is 32.6 Å². The van der Waals surface area contributed by atoms with Crippen LogP contribution in [0.25, 0.3) is 0 Å². The third-order valence-corrected chi connectivity index (χ3v) is 3.16. The summed E-state index contributed by atoms with van der Waals surface area (Å²) in [6.07, 6.45) is -4.68. The van der Waals surface area contributed by atoms with Crippen molar-refractivity contribution >= 4 is 5.91 Å². The van der Waals surface area contributed by atoms with E-state index in [0.717, 1.165) is 11.0 Å². The van der Waals surface area contributed by atoms with Crippen molar-refractivity contribution in [3.8, 4) is 5.75 Å². The molecule has 3 N–H and O–H groups in total. The molecule has 0 spiro atoms. The second-order valence-electron chi connectivity index (χ2n) is 4.89. The van der Waals surface area contributed by atoms with Gasteiger partial charge in [0.25, 0.3) is 5.91 Å². The summed E-state index contributed by atoms with van der Waals surface area (Å²) in [5.74, 6) is -1.99. The number of hydrogen-bond donors (Lipinski definition) is 3. The minimum atomic E-state index is -4.68. The summed E-state index contributed by atoms with van der Waals surface area (Å²) in [4.78, 5) is 13.2. The van der Waals surface area contributed by atoms with Crippen LogP contribution in [0, 0.1) is 5.82 Å². The molecule has 24 heavy (non-hydrogen) atoms. The first kappa shape index (κ1) is 17.7. The number of aliphatic hydroxyl groups excluding tert-OH is 1. The van der Waals surface area contributed by atoms with Gasteiger partial charge in [-0.2, -0.15) is 18.3 Å². The van der Waals surface area contributed by atoms with Gasteiger partial charge in [-0.05, 0) is 6.07 Å². The van der Waals surface area contributed by atoms with Crippen molar-refractivity contribution in [2.45, 2.75) is 12.7 Å².